The molecule has 0 saturated carbocycles. The first kappa shape index (κ1) is 15.8. The van der Waals surface area contributed by atoms with Gasteiger partial charge in [0, 0.05) is 35.8 Å². The molecule has 1 aromatic carbocycles. The maximum Gasteiger partial charge on any atom is 0.416 e. The summed E-state index contributed by atoms with van der Waals surface area (Å²) >= 11 is 1.48. The fraction of sp³-hybridized carbons (Fsp3) is 0.500. The van der Waals surface area contributed by atoms with Crippen LogP contribution in [0.4, 0.5) is 13.2 Å². The summed E-state index contributed by atoms with van der Waals surface area (Å²) in [7, 11) is 0. The highest BCUT2D eigenvalue weighted by molar-refractivity contribution is 7.19. The third-order valence-corrected chi connectivity index (χ3v) is 5.16. The van der Waals surface area contributed by atoms with Crippen LogP contribution in [0.25, 0.3) is 10.1 Å². The predicted molar refractivity (Wildman–Crippen MR) is 84.5 cm³/mol. The second kappa shape index (κ2) is 6.56. The molecular weight excluding hydrogens is 309 g/mol. The van der Waals surface area contributed by atoms with Gasteiger partial charge < -0.3 is 10.2 Å². The van der Waals surface area contributed by atoms with E-state index in [0.717, 1.165) is 55.7 Å². The lowest BCUT2D eigenvalue weighted by molar-refractivity contribution is -0.137. The first-order valence-corrected chi connectivity index (χ1v) is 8.37. The van der Waals surface area contributed by atoms with Crippen molar-refractivity contribution in [2.24, 2.45) is 0 Å². The summed E-state index contributed by atoms with van der Waals surface area (Å²) in [6.07, 6.45) is -2.27. The number of fused-ring (bicyclic) bond motifs is 1. The molecule has 0 radical (unpaired) electrons. The van der Waals surface area contributed by atoms with Gasteiger partial charge in [-0.25, -0.2) is 0 Å². The molecule has 1 fully saturated rings. The Balaban J connectivity index is 1.62. The van der Waals surface area contributed by atoms with Gasteiger partial charge in [0.05, 0.1) is 5.56 Å². The van der Waals surface area contributed by atoms with Crippen molar-refractivity contribution in [2.75, 3.05) is 32.7 Å². The van der Waals surface area contributed by atoms with E-state index in [1.807, 2.05) is 6.07 Å². The summed E-state index contributed by atoms with van der Waals surface area (Å²) in [5.74, 6) is 0. The van der Waals surface area contributed by atoms with Crippen molar-refractivity contribution in [3.05, 3.63) is 34.7 Å². The van der Waals surface area contributed by atoms with Crippen LogP contribution in [0.15, 0.2) is 24.3 Å². The van der Waals surface area contributed by atoms with E-state index >= 15 is 0 Å². The van der Waals surface area contributed by atoms with Crippen LogP contribution in [0, 0.1) is 0 Å². The zero-order chi connectivity index (χ0) is 15.6. The molecule has 1 N–H and O–H groups in total. The lowest BCUT2D eigenvalue weighted by Crippen LogP contribution is -2.43. The number of piperazine rings is 1. The molecule has 1 saturated heterocycles. The quantitative estimate of drug-likeness (QED) is 0.919. The molecule has 2 aromatic rings. The molecule has 6 heteroatoms. The van der Waals surface area contributed by atoms with Gasteiger partial charge in [-0.2, -0.15) is 13.2 Å². The average molecular weight is 328 g/mol. The van der Waals surface area contributed by atoms with Gasteiger partial charge in [0.25, 0.3) is 0 Å². The fourth-order valence-electron chi connectivity index (χ4n) is 2.80. The molecule has 22 heavy (non-hydrogen) atoms. The first-order valence-electron chi connectivity index (χ1n) is 7.55. The van der Waals surface area contributed by atoms with Gasteiger partial charge in [0.15, 0.2) is 0 Å². The maximum atomic E-state index is 12.7. The number of hydrogen-bond acceptors (Lipinski definition) is 3. The van der Waals surface area contributed by atoms with E-state index in [2.05, 4.69) is 10.2 Å². The van der Waals surface area contributed by atoms with E-state index in [1.165, 1.54) is 28.3 Å². The number of rotatable bonds is 4. The Hall–Kier alpha value is -1.11. The minimum absolute atomic E-state index is 0.561. The number of nitrogens with one attached hydrogen (secondary N) is 1. The van der Waals surface area contributed by atoms with Crippen LogP contribution >= 0.6 is 11.3 Å². The van der Waals surface area contributed by atoms with Crippen molar-refractivity contribution in [1.29, 1.82) is 0 Å². The number of benzene rings is 1. The number of nitrogens with zero attached hydrogens (tertiary/aromatic N) is 1. The zero-order valence-electron chi connectivity index (χ0n) is 12.2. The Morgan fingerprint density at radius 2 is 1.91 bits per heavy atom. The van der Waals surface area contributed by atoms with E-state index in [1.54, 1.807) is 6.07 Å². The maximum absolute atomic E-state index is 12.7. The molecule has 1 aliphatic heterocycles. The Morgan fingerprint density at radius 1 is 1.14 bits per heavy atom. The van der Waals surface area contributed by atoms with E-state index in [4.69, 9.17) is 0 Å². The fourth-order valence-corrected chi connectivity index (χ4v) is 3.94. The molecule has 0 amide bonds. The Morgan fingerprint density at radius 3 is 2.64 bits per heavy atom. The van der Waals surface area contributed by atoms with E-state index in [-0.39, 0.29) is 0 Å². The highest BCUT2D eigenvalue weighted by Gasteiger charge is 2.30. The lowest BCUT2D eigenvalue weighted by atomic mass is 10.1. The number of hydrogen-bond donors (Lipinski definition) is 1. The largest absolute Gasteiger partial charge is 0.416 e. The first-order chi connectivity index (χ1) is 10.5. The molecule has 0 aliphatic carbocycles. The number of aryl methyl sites for hydroxylation is 1. The minimum Gasteiger partial charge on any atom is -0.314 e. The van der Waals surface area contributed by atoms with Crippen LogP contribution in [0.2, 0.25) is 0 Å². The SMILES string of the molecule is FC(F)(F)c1ccc2cc(CCCN3CCNCC3)sc2c1. The van der Waals surface area contributed by atoms with Gasteiger partial charge in [0.1, 0.15) is 0 Å². The second-order valence-electron chi connectivity index (χ2n) is 5.66. The minimum atomic E-state index is -4.26. The Kier molecular flexibility index (Phi) is 4.70. The van der Waals surface area contributed by atoms with Crippen LogP contribution in [0.3, 0.4) is 0 Å². The van der Waals surface area contributed by atoms with E-state index in [0.29, 0.717) is 0 Å². The van der Waals surface area contributed by atoms with E-state index < -0.39 is 11.7 Å². The molecule has 0 bridgehead atoms. The van der Waals surface area contributed by atoms with Crippen LogP contribution in [-0.4, -0.2) is 37.6 Å². The van der Waals surface area contributed by atoms with Crippen molar-refractivity contribution in [3.8, 4) is 0 Å². The second-order valence-corrected chi connectivity index (χ2v) is 6.83. The van der Waals surface area contributed by atoms with Crippen LogP contribution in [0.5, 0.6) is 0 Å². The van der Waals surface area contributed by atoms with Gasteiger partial charge in [-0.15, -0.1) is 11.3 Å². The van der Waals surface area contributed by atoms with Crippen molar-refractivity contribution in [2.45, 2.75) is 19.0 Å². The molecule has 1 aromatic heterocycles. The standard InChI is InChI=1S/C16H19F3N2S/c17-16(18,19)13-4-3-12-10-14(22-15(12)11-13)2-1-7-21-8-5-20-6-9-21/h3-4,10-11,20H,1-2,5-9H2. The van der Waals surface area contributed by atoms with Crippen LogP contribution in [-0.2, 0) is 12.6 Å². The number of halogens is 3. The molecule has 0 atom stereocenters. The number of alkyl halides is 3. The van der Waals surface area contributed by atoms with Crippen molar-refractivity contribution in [1.82, 2.24) is 10.2 Å². The smallest absolute Gasteiger partial charge is 0.314 e. The van der Waals surface area contributed by atoms with Gasteiger partial charge in [0.2, 0.25) is 0 Å². The summed E-state index contributed by atoms with van der Waals surface area (Å²) in [5, 5.41) is 4.24. The average Bonchev–Trinajstić information content (AvgIpc) is 2.89. The summed E-state index contributed by atoms with van der Waals surface area (Å²) in [5.41, 5.74) is -0.561. The van der Waals surface area contributed by atoms with Gasteiger partial charge in [-0.3, -0.25) is 0 Å². The molecule has 2 heterocycles. The topological polar surface area (TPSA) is 15.3 Å². The molecule has 2 nitrogen and oxygen atoms in total. The Bertz CT molecular complexity index is 630. The normalized spacial score (nSPS) is 17.2. The highest BCUT2D eigenvalue weighted by atomic mass is 32.1. The van der Waals surface area contributed by atoms with Gasteiger partial charge in [-0.05, 0) is 43.0 Å². The summed E-state index contributed by atoms with van der Waals surface area (Å²) in [6.45, 7) is 5.32. The lowest BCUT2D eigenvalue weighted by Gasteiger charge is -2.26. The van der Waals surface area contributed by atoms with Crippen LogP contribution < -0.4 is 5.32 Å². The van der Waals surface area contributed by atoms with Crippen molar-refractivity contribution < 1.29 is 13.2 Å². The molecule has 1 aliphatic rings. The van der Waals surface area contributed by atoms with Crippen molar-refractivity contribution >= 4 is 21.4 Å². The third-order valence-electron chi connectivity index (χ3n) is 4.01. The van der Waals surface area contributed by atoms with Crippen LogP contribution in [0.1, 0.15) is 16.9 Å². The van der Waals surface area contributed by atoms with Crippen molar-refractivity contribution in [3.63, 3.8) is 0 Å². The highest BCUT2D eigenvalue weighted by Crippen LogP contribution is 2.34. The molecular formula is C16H19F3N2S. The summed E-state index contributed by atoms with van der Waals surface area (Å²) in [6, 6.07) is 6.03. The van der Waals surface area contributed by atoms with Gasteiger partial charge >= 0.3 is 6.18 Å². The predicted octanol–water partition coefficient (Wildman–Crippen LogP) is 3.76. The summed E-state index contributed by atoms with van der Waals surface area (Å²) < 4.78 is 38.9. The monoisotopic (exact) mass is 328 g/mol. The third kappa shape index (κ3) is 3.80. The Labute approximate surface area is 131 Å². The zero-order valence-corrected chi connectivity index (χ0v) is 13.1. The molecule has 0 unspecified atom stereocenters. The summed E-state index contributed by atoms with van der Waals surface area (Å²) in [4.78, 5) is 3.61. The molecule has 120 valence electrons. The number of thiophene rings is 1. The van der Waals surface area contributed by atoms with Gasteiger partial charge in [-0.1, -0.05) is 6.07 Å². The molecule has 0 spiro atoms. The molecule has 3 rings (SSSR count). The van der Waals surface area contributed by atoms with E-state index in [9.17, 15) is 13.2 Å².